The van der Waals surface area contributed by atoms with E-state index in [1.807, 2.05) is 6.92 Å². The minimum absolute atomic E-state index is 0.0841. The number of nitrogens with two attached hydrogens (primary N) is 1. The van der Waals surface area contributed by atoms with Crippen molar-refractivity contribution in [1.29, 1.82) is 0 Å². The van der Waals surface area contributed by atoms with Gasteiger partial charge in [-0.15, -0.1) is 0 Å². The first-order valence-corrected chi connectivity index (χ1v) is 5.86. The van der Waals surface area contributed by atoms with Crippen molar-refractivity contribution in [2.75, 3.05) is 5.32 Å². The van der Waals surface area contributed by atoms with E-state index < -0.39 is 17.9 Å². The highest BCUT2D eigenvalue weighted by Gasteiger charge is 2.38. The molecule has 2 rings (SSSR count). The van der Waals surface area contributed by atoms with E-state index in [0.29, 0.717) is 24.1 Å². The van der Waals surface area contributed by atoms with Crippen molar-refractivity contribution < 1.29 is 18.0 Å². The lowest BCUT2D eigenvalue weighted by molar-refractivity contribution is -0.141. The van der Waals surface area contributed by atoms with E-state index in [1.165, 1.54) is 6.92 Å². The number of primary amides is 1. The largest absolute Gasteiger partial charge is 0.433 e. The molecule has 0 fully saturated rings. The van der Waals surface area contributed by atoms with E-state index in [9.17, 15) is 18.0 Å². The van der Waals surface area contributed by atoms with E-state index in [-0.39, 0.29) is 17.2 Å². The van der Waals surface area contributed by atoms with E-state index in [4.69, 9.17) is 5.73 Å². The van der Waals surface area contributed by atoms with Crippen LogP contribution in [0.1, 0.15) is 29.4 Å². The fraction of sp³-hybridized carbons (Fsp3) is 0.500. The maximum Gasteiger partial charge on any atom is 0.433 e. The van der Waals surface area contributed by atoms with Crippen molar-refractivity contribution in [3.63, 3.8) is 0 Å². The number of carbonyl (C=O) groups is 1. The van der Waals surface area contributed by atoms with Crippen LogP contribution in [0.2, 0.25) is 0 Å². The molecule has 1 atom stereocenters. The van der Waals surface area contributed by atoms with E-state index in [1.54, 1.807) is 0 Å². The molecule has 0 saturated carbocycles. The van der Waals surface area contributed by atoms with E-state index >= 15 is 0 Å². The summed E-state index contributed by atoms with van der Waals surface area (Å²) >= 11 is 0. The van der Waals surface area contributed by atoms with Crippen LogP contribution < -0.4 is 11.1 Å². The number of rotatable bonds is 1. The Balaban J connectivity index is 2.63. The Kier molecular flexibility index (Phi) is 3.15. The lowest BCUT2D eigenvalue weighted by Gasteiger charge is -2.17. The van der Waals surface area contributed by atoms with Crippen molar-refractivity contribution in [1.82, 2.24) is 4.98 Å². The van der Waals surface area contributed by atoms with Gasteiger partial charge in [0.2, 0.25) is 0 Å². The summed E-state index contributed by atoms with van der Waals surface area (Å²) in [6.45, 7) is 3.22. The molecule has 1 aliphatic rings. The Labute approximate surface area is 108 Å². The van der Waals surface area contributed by atoms with Crippen LogP contribution in [0.3, 0.4) is 0 Å². The Morgan fingerprint density at radius 2 is 2.05 bits per heavy atom. The number of nitrogens with one attached hydrogen (secondary N) is 1. The maximum absolute atomic E-state index is 12.9. The molecule has 0 bridgehead atoms. The molecule has 0 saturated heterocycles. The van der Waals surface area contributed by atoms with Gasteiger partial charge in [-0.1, -0.05) is 6.92 Å². The molecule has 1 aromatic heterocycles. The number of aromatic nitrogens is 1. The summed E-state index contributed by atoms with van der Waals surface area (Å²) in [6, 6.07) is -0.871. The second kappa shape index (κ2) is 4.40. The molecule has 7 heteroatoms. The Bertz CT molecular complexity index is 540. The zero-order valence-electron chi connectivity index (χ0n) is 10.6. The first-order valence-electron chi connectivity index (χ1n) is 5.86. The van der Waals surface area contributed by atoms with Crippen molar-refractivity contribution >= 4 is 11.7 Å². The minimum Gasteiger partial charge on any atom is -0.351 e. The van der Waals surface area contributed by atoms with Crippen LogP contribution in [-0.4, -0.2) is 11.0 Å². The third-order valence-corrected chi connectivity index (χ3v) is 3.24. The minimum atomic E-state index is -4.54. The van der Waals surface area contributed by atoms with Crippen molar-refractivity contribution in [2.24, 2.45) is 11.7 Å². The van der Waals surface area contributed by atoms with Gasteiger partial charge in [0.15, 0.2) is 0 Å². The zero-order chi connectivity index (χ0) is 14.4. The van der Waals surface area contributed by atoms with Gasteiger partial charge >= 0.3 is 12.2 Å². The summed E-state index contributed by atoms with van der Waals surface area (Å²) in [7, 11) is 0. The van der Waals surface area contributed by atoms with Gasteiger partial charge in [0.1, 0.15) is 5.69 Å². The van der Waals surface area contributed by atoms with E-state index in [2.05, 4.69) is 10.3 Å². The molecule has 1 heterocycles. The Morgan fingerprint density at radius 3 is 2.58 bits per heavy atom. The monoisotopic (exact) mass is 273 g/mol. The number of anilines is 1. The van der Waals surface area contributed by atoms with Crippen LogP contribution in [0.5, 0.6) is 0 Å². The molecule has 4 nitrogen and oxygen atoms in total. The number of halogens is 3. The fourth-order valence-corrected chi connectivity index (χ4v) is 2.48. The maximum atomic E-state index is 12.9. The third-order valence-electron chi connectivity index (χ3n) is 3.24. The van der Waals surface area contributed by atoms with Gasteiger partial charge in [-0.05, 0) is 31.2 Å². The number of urea groups is 1. The topological polar surface area (TPSA) is 68.0 Å². The number of nitrogens with zero attached hydrogens (tertiary/aromatic N) is 1. The number of fused-ring (bicyclic) bond motifs is 1. The highest BCUT2D eigenvalue weighted by Crippen LogP contribution is 2.39. The van der Waals surface area contributed by atoms with Gasteiger partial charge in [-0.2, -0.15) is 13.2 Å². The summed E-state index contributed by atoms with van der Waals surface area (Å²) in [6.07, 6.45) is -3.47. The molecular formula is C12H14F3N3O. The molecule has 1 aliphatic carbocycles. The van der Waals surface area contributed by atoms with Gasteiger partial charge in [0, 0.05) is 11.3 Å². The van der Waals surface area contributed by atoms with Gasteiger partial charge in [0.25, 0.3) is 0 Å². The molecule has 3 N–H and O–H groups in total. The third kappa shape index (κ3) is 2.50. The number of pyridine rings is 1. The molecular weight excluding hydrogens is 259 g/mol. The predicted molar refractivity (Wildman–Crippen MR) is 63.8 cm³/mol. The molecule has 0 aromatic carbocycles. The van der Waals surface area contributed by atoms with Gasteiger partial charge in [0.05, 0.1) is 5.69 Å². The zero-order valence-corrected chi connectivity index (χ0v) is 10.6. The number of amides is 2. The smallest absolute Gasteiger partial charge is 0.351 e. The first kappa shape index (κ1) is 13.6. The summed E-state index contributed by atoms with van der Waals surface area (Å²) in [5.74, 6) is 0.207. The number of carbonyl (C=O) groups excluding carboxylic acids is 1. The Hall–Kier alpha value is -1.79. The first-order chi connectivity index (χ1) is 8.70. The molecule has 0 aliphatic heterocycles. The summed E-state index contributed by atoms with van der Waals surface area (Å²) in [4.78, 5) is 14.7. The molecule has 2 amide bonds. The van der Waals surface area contributed by atoms with E-state index in [0.717, 1.165) is 0 Å². The van der Waals surface area contributed by atoms with Crippen molar-refractivity contribution in [2.45, 2.75) is 32.9 Å². The highest BCUT2D eigenvalue weighted by molar-refractivity contribution is 5.90. The summed E-state index contributed by atoms with van der Waals surface area (Å²) < 4.78 is 38.8. The summed E-state index contributed by atoms with van der Waals surface area (Å²) in [5, 5.41) is 2.31. The van der Waals surface area contributed by atoms with Crippen LogP contribution in [0.15, 0.2) is 0 Å². The standard InChI is InChI=1S/C12H14F3N3O/c1-5-3-7-8(4-5)17-10(12(13,14)15)6(2)9(7)18-11(16)19/h5H,3-4H2,1-2H3,(H3,16,17,18,19). The molecule has 1 unspecified atom stereocenters. The van der Waals surface area contributed by atoms with Crippen molar-refractivity contribution in [3.8, 4) is 0 Å². The number of hydrogen-bond donors (Lipinski definition) is 2. The van der Waals surface area contributed by atoms with Crippen LogP contribution in [0.25, 0.3) is 0 Å². The summed E-state index contributed by atoms with van der Waals surface area (Å²) in [5.41, 5.74) is 5.21. The lowest BCUT2D eigenvalue weighted by atomic mass is 10.0. The van der Waals surface area contributed by atoms with Gasteiger partial charge < -0.3 is 11.1 Å². The van der Waals surface area contributed by atoms with Crippen molar-refractivity contribution in [3.05, 3.63) is 22.5 Å². The van der Waals surface area contributed by atoms with Crippen LogP contribution in [0.4, 0.5) is 23.7 Å². The van der Waals surface area contributed by atoms with Crippen LogP contribution in [0, 0.1) is 12.8 Å². The highest BCUT2D eigenvalue weighted by atomic mass is 19.4. The number of hydrogen-bond acceptors (Lipinski definition) is 2. The van der Waals surface area contributed by atoms with Gasteiger partial charge in [-0.3, -0.25) is 0 Å². The van der Waals surface area contributed by atoms with Gasteiger partial charge in [-0.25, -0.2) is 9.78 Å². The molecule has 1 aromatic rings. The quantitative estimate of drug-likeness (QED) is 0.826. The SMILES string of the molecule is Cc1c(C(F)(F)F)nc2c(c1NC(N)=O)CC(C)C2. The Morgan fingerprint density at radius 1 is 1.42 bits per heavy atom. The fourth-order valence-electron chi connectivity index (χ4n) is 2.48. The predicted octanol–water partition coefficient (Wildman–Crippen LogP) is 2.63. The average Bonchev–Trinajstić information content (AvgIpc) is 2.60. The normalized spacial score (nSPS) is 18.3. The molecule has 104 valence electrons. The second-order valence-corrected chi connectivity index (χ2v) is 4.89. The van der Waals surface area contributed by atoms with Crippen LogP contribution in [-0.2, 0) is 19.0 Å². The molecule has 0 radical (unpaired) electrons. The molecule has 19 heavy (non-hydrogen) atoms. The number of alkyl halides is 3. The lowest BCUT2D eigenvalue weighted by Crippen LogP contribution is -2.23. The average molecular weight is 273 g/mol. The van der Waals surface area contributed by atoms with Crippen LogP contribution >= 0.6 is 0 Å². The second-order valence-electron chi connectivity index (χ2n) is 4.89. The molecule has 0 spiro atoms.